The standard InChI is InChI=1S/C17H24N6O2S2/c1-5-23(10-9-18-12(3)24)14-8-7-13(11-15(14)25-4)19-20-16-21-22-17(27-16)26-6-2/h7-8,11H,5-6,9-10H2,1-4H3,(H,18,24). The molecule has 2 rings (SSSR count). The lowest BCUT2D eigenvalue weighted by Crippen LogP contribution is -2.34. The Hall–Kier alpha value is -2.20. The summed E-state index contributed by atoms with van der Waals surface area (Å²) < 4.78 is 6.41. The van der Waals surface area contributed by atoms with Crippen LogP contribution in [-0.4, -0.2) is 48.6 Å². The highest BCUT2D eigenvalue weighted by Crippen LogP contribution is 2.33. The van der Waals surface area contributed by atoms with Crippen LogP contribution in [0, 0.1) is 0 Å². The van der Waals surface area contributed by atoms with Crippen molar-refractivity contribution in [2.45, 2.75) is 25.1 Å². The van der Waals surface area contributed by atoms with Gasteiger partial charge in [-0.15, -0.1) is 20.4 Å². The lowest BCUT2D eigenvalue weighted by molar-refractivity contribution is -0.118. The van der Waals surface area contributed by atoms with Gasteiger partial charge < -0.3 is 15.0 Å². The molecule has 1 amide bonds. The Morgan fingerprint density at radius 2 is 2.15 bits per heavy atom. The van der Waals surface area contributed by atoms with Crippen LogP contribution in [0.15, 0.2) is 32.8 Å². The Bertz CT molecular complexity index is 781. The zero-order chi connectivity index (χ0) is 19.6. The molecule has 8 nitrogen and oxygen atoms in total. The van der Waals surface area contributed by atoms with Crippen LogP contribution < -0.4 is 15.0 Å². The van der Waals surface area contributed by atoms with E-state index in [0.717, 1.165) is 22.3 Å². The predicted octanol–water partition coefficient (Wildman–Crippen LogP) is 4.04. The fourth-order valence-electron chi connectivity index (χ4n) is 2.33. The van der Waals surface area contributed by atoms with Crippen molar-refractivity contribution in [2.24, 2.45) is 10.2 Å². The van der Waals surface area contributed by atoms with Gasteiger partial charge in [0.25, 0.3) is 5.13 Å². The third-order valence-corrected chi connectivity index (χ3v) is 5.38. The second-order valence-corrected chi connectivity index (χ2v) is 7.87. The number of carbonyl (C=O) groups is 1. The molecule has 0 radical (unpaired) electrons. The van der Waals surface area contributed by atoms with E-state index in [2.05, 4.69) is 44.5 Å². The number of ether oxygens (including phenoxy) is 1. The van der Waals surface area contributed by atoms with Gasteiger partial charge in [0.05, 0.1) is 18.5 Å². The molecule has 146 valence electrons. The van der Waals surface area contributed by atoms with E-state index >= 15 is 0 Å². The molecule has 0 aliphatic heterocycles. The highest BCUT2D eigenvalue weighted by atomic mass is 32.2. The van der Waals surface area contributed by atoms with E-state index in [1.165, 1.54) is 18.3 Å². The summed E-state index contributed by atoms with van der Waals surface area (Å²) in [4.78, 5) is 13.2. The van der Waals surface area contributed by atoms with E-state index in [0.29, 0.717) is 29.7 Å². The van der Waals surface area contributed by atoms with Crippen molar-refractivity contribution in [3.05, 3.63) is 18.2 Å². The first-order chi connectivity index (χ1) is 13.1. The minimum absolute atomic E-state index is 0.0362. The van der Waals surface area contributed by atoms with Gasteiger partial charge in [0.2, 0.25) is 5.91 Å². The van der Waals surface area contributed by atoms with Crippen LogP contribution in [-0.2, 0) is 4.79 Å². The number of methoxy groups -OCH3 is 1. The highest BCUT2D eigenvalue weighted by Gasteiger charge is 2.12. The van der Waals surface area contributed by atoms with Crippen LogP contribution in [0.3, 0.4) is 0 Å². The monoisotopic (exact) mass is 408 g/mol. The zero-order valence-corrected chi connectivity index (χ0v) is 17.6. The molecule has 2 aromatic rings. The van der Waals surface area contributed by atoms with Gasteiger partial charge in [0.15, 0.2) is 4.34 Å². The first-order valence-corrected chi connectivity index (χ1v) is 10.4. The fourth-order valence-corrected chi connectivity index (χ4v) is 3.89. The number of hydrogen-bond donors (Lipinski definition) is 1. The van der Waals surface area contributed by atoms with Crippen LogP contribution >= 0.6 is 23.1 Å². The molecule has 27 heavy (non-hydrogen) atoms. The molecule has 1 aromatic heterocycles. The van der Waals surface area contributed by atoms with Gasteiger partial charge in [0.1, 0.15) is 5.75 Å². The van der Waals surface area contributed by atoms with Crippen LogP contribution in [0.5, 0.6) is 5.75 Å². The van der Waals surface area contributed by atoms with E-state index in [-0.39, 0.29) is 5.91 Å². The van der Waals surface area contributed by atoms with Crippen molar-refractivity contribution in [2.75, 3.05) is 37.4 Å². The number of aromatic nitrogens is 2. The Morgan fingerprint density at radius 1 is 1.33 bits per heavy atom. The maximum absolute atomic E-state index is 11.1. The van der Waals surface area contributed by atoms with E-state index < -0.39 is 0 Å². The third kappa shape index (κ3) is 6.47. The minimum atomic E-state index is -0.0362. The SMILES string of the molecule is CCSc1nnc(N=Nc2ccc(N(CC)CCNC(C)=O)c(OC)c2)s1. The van der Waals surface area contributed by atoms with Crippen molar-refractivity contribution < 1.29 is 9.53 Å². The number of likely N-dealkylation sites (N-methyl/N-ethyl adjacent to an activating group) is 1. The van der Waals surface area contributed by atoms with E-state index in [9.17, 15) is 4.79 Å². The van der Waals surface area contributed by atoms with Gasteiger partial charge in [-0.1, -0.05) is 30.0 Å². The zero-order valence-electron chi connectivity index (χ0n) is 15.9. The first kappa shape index (κ1) is 21.1. The summed E-state index contributed by atoms with van der Waals surface area (Å²) in [6, 6.07) is 5.66. The summed E-state index contributed by atoms with van der Waals surface area (Å²) in [5.41, 5.74) is 1.62. The summed E-state index contributed by atoms with van der Waals surface area (Å²) in [5, 5.41) is 19.8. The molecule has 1 heterocycles. The summed E-state index contributed by atoms with van der Waals surface area (Å²) in [6.45, 7) is 7.69. The molecule has 10 heteroatoms. The molecule has 0 fully saturated rings. The summed E-state index contributed by atoms with van der Waals surface area (Å²) in [6.07, 6.45) is 0. The quantitative estimate of drug-likeness (QED) is 0.471. The molecule has 1 N–H and O–H groups in total. The molecule has 0 spiro atoms. The maximum atomic E-state index is 11.1. The average molecular weight is 409 g/mol. The second-order valence-electron chi connectivity index (χ2n) is 5.40. The normalized spacial score (nSPS) is 11.0. The maximum Gasteiger partial charge on any atom is 0.252 e. The number of benzene rings is 1. The Morgan fingerprint density at radius 3 is 2.81 bits per heavy atom. The van der Waals surface area contributed by atoms with Crippen molar-refractivity contribution >= 4 is 45.5 Å². The van der Waals surface area contributed by atoms with Gasteiger partial charge in [-0.25, -0.2) is 0 Å². The van der Waals surface area contributed by atoms with Crippen molar-refractivity contribution in [3.63, 3.8) is 0 Å². The molecule has 0 aliphatic carbocycles. The molecule has 1 aromatic carbocycles. The van der Waals surface area contributed by atoms with Crippen molar-refractivity contribution in [1.82, 2.24) is 15.5 Å². The number of nitrogens with one attached hydrogen (secondary N) is 1. The number of nitrogens with zero attached hydrogens (tertiary/aromatic N) is 5. The summed E-state index contributed by atoms with van der Waals surface area (Å²) in [7, 11) is 1.63. The Labute approximate surface area is 167 Å². The molecule has 0 aliphatic rings. The molecule has 0 atom stereocenters. The van der Waals surface area contributed by atoms with E-state index in [1.807, 2.05) is 18.2 Å². The van der Waals surface area contributed by atoms with Gasteiger partial charge in [-0.05, 0) is 24.8 Å². The number of amides is 1. The van der Waals surface area contributed by atoms with Crippen molar-refractivity contribution in [3.8, 4) is 5.75 Å². The number of anilines is 1. The summed E-state index contributed by atoms with van der Waals surface area (Å²) in [5.74, 6) is 1.61. The lowest BCUT2D eigenvalue weighted by Gasteiger charge is -2.25. The van der Waals surface area contributed by atoms with Gasteiger partial charge in [-0.3, -0.25) is 4.79 Å². The van der Waals surface area contributed by atoms with E-state index in [4.69, 9.17) is 4.74 Å². The first-order valence-electron chi connectivity index (χ1n) is 8.62. The molecule has 0 unspecified atom stereocenters. The van der Waals surface area contributed by atoms with Gasteiger partial charge in [0, 0.05) is 32.6 Å². The minimum Gasteiger partial charge on any atom is -0.495 e. The van der Waals surface area contributed by atoms with Crippen LogP contribution in [0.25, 0.3) is 0 Å². The number of rotatable bonds is 10. The number of carbonyl (C=O) groups excluding carboxylic acids is 1. The molecular formula is C17H24N6O2S2. The average Bonchev–Trinajstić information content (AvgIpc) is 3.11. The molecular weight excluding hydrogens is 384 g/mol. The summed E-state index contributed by atoms with van der Waals surface area (Å²) >= 11 is 3.05. The van der Waals surface area contributed by atoms with Crippen LogP contribution in [0.4, 0.5) is 16.5 Å². The highest BCUT2D eigenvalue weighted by molar-refractivity contribution is 8.01. The smallest absolute Gasteiger partial charge is 0.252 e. The van der Waals surface area contributed by atoms with Crippen LogP contribution in [0.1, 0.15) is 20.8 Å². The molecule has 0 saturated carbocycles. The molecule has 0 saturated heterocycles. The Balaban J connectivity index is 2.11. The lowest BCUT2D eigenvalue weighted by atomic mass is 10.2. The number of thioether (sulfide) groups is 1. The number of hydrogen-bond acceptors (Lipinski definition) is 9. The molecule has 0 bridgehead atoms. The third-order valence-electron chi connectivity index (χ3n) is 3.56. The van der Waals surface area contributed by atoms with E-state index in [1.54, 1.807) is 18.9 Å². The Kier molecular flexibility index (Phi) is 8.46. The largest absolute Gasteiger partial charge is 0.495 e. The van der Waals surface area contributed by atoms with Crippen molar-refractivity contribution in [1.29, 1.82) is 0 Å². The number of azo groups is 1. The second kappa shape index (κ2) is 10.8. The van der Waals surface area contributed by atoms with Gasteiger partial charge >= 0.3 is 0 Å². The predicted molar refractivity (Wildman–Crippen MR) is 110 cm³/mol. The fraction of sp³-hybridized carbons (Fsp3) is 0.471. The van der Waals surface area contributed by atoms with Gasteiger partial charge in [-0.2, -0.15) is 0 Å². The van der Waals surface area contributed by atoms with Crippen LogP contribution in [0.2, 0.25) is 0 Å². The topological polar surface area (TPSA) is 92.1 Å².